The van der Waals surface area contributed by atoms with Crippen LogP contribution in [0.3, 0.4) is 0 Å². The van der Waals surface area contributed by atoms with E-state index in [1.54, 1.807) is 23.9 Å². The molecule has 1 atom stereocenters. The Labute approximate surface area is 212 Å². The highest BCUT2D eigenvalue weighted by atomic mass is 35.5. The summed E-state index contributed by atoms with van der Waals surface area (Å²) in [5, 5.41) is 18.8. The summed E-state index contributed by atoms with van der Waals surface area (Å²) in [6.45, 7) is 2.15. The molecule has 4 aromatic rings. The van der Waals surface area contributed by atoms with Crippen molar-refractivity contribution in [1.82, 2.24) is 20.2 Å². The van der Waals surface area contributed by atoms with Crippen molar-refractivity contribution < 1.29 is 14.3 Å². The number of nitrogens with zero attached hydrogens (tertiary/aromatic N) is 4. The molecule has 36 heavy (non-hydrogen) atoms. The van der Waals surface area contributed by atoms with Crippen LogP contribution in [-0.4, -0.2) is 33.2 Å². The van der Waals surface area contributed by atoms with Crippen molar-refractivity contribution in [2.45, 2.75) is 19.6 Å². The molecule has 0 spiro atoms. The molecule has 10 heteroatoms. The fourth-order valence-electron chi connectivity index (χ4n) is 4.11. The second-order valence-corrected chi connectivity index (χ2v) is 8.56. The van der Waals surface area contributed by atoms with Crippen molar-refractivity contribution in [3.8, 4) is 11.5 Å². The number of fused-ring (bicyclic) bond motifs is 1. The van der Waals surface area contributed by atoms with Crippen LogP contribution in [0.25, 0.3) is 0 Å². The average molecular weight is 503 g/mol. The Hall–Kier alpha value is -4.37. The van der Waals surface area contributed by atoms with Gasteiger partial charge in [-0.2, -0.15) is 4.68 Å². The number of aromatic nitrogens is 4. The van der Waals surface area contributed by atoms with E-state index in [0.717, 1.165) is 11.1 Å². The van der Waals surface area contributed by atoms with Crippen LogP contribution in [0.5, 0.6) is 11.5 Å². The maximum Gasteiger partial charge on any atom is 0.255 e. The molecule has 9 nitrogen and oxygen atoms in total. The molecule has 1 aliphatic rings. The quantitative estimate of drug-likeness (QED) is 0.372. The summed E-state index contributed by atoms with van der Waals surface area (Å²) in [6, 6.07) is 21.6. The van der Waals surface area contributed by atoms with Gasteiger partial charge < -0.3 is 20.1 Å². The van der Waals surface area contributed by atoms with Gasteiger partial charge >= 0.3 is 0 Å². The number of carbonyl (C=O) groups excluding carboxylic acids is 1. The molecule has 0 saturated heterocycles. The van der Waals surface area contributed by atoms with Crippen molar-refractivity contribution >= 4 is 29.1 Å². The maximum atomic E-state index is 13.7. The number of tetrazole rings is 1. The van der Waals surface area contributed by atoms with Crippen molar-refractivity contribution in [1.29, 1.82) is 0 Å². The number of halogens is 1. The van der Waals surface area contributed by atoms with Crippen LogP contribution in [0, 0.1) is 0 Å². The largest absolute Gasteiger partial charge is 0.495 e. The topological polar surface area (TPSA) is 103 Å². The number of hydrogen-bond donors (Lipinski definition) is 2. The molecule has 182 valence electrons. The summed E-state index contributed by atoms with van der Waals surface area (Å²) in [5.74, 6) is 1.28. The third-order valence-corrected chi connectivity index (χ3v) is 6.09. The number of allylic oxidation sites excluding steroid dienone is 1. The fraction of sp³-hybridized carbons (Fsp3) is 0.154. The van der Waals surface area contributed by atoms with Crippen molar-refractivity contribution in [3.05, 3.63) is 100 Å². The minimum Gasteiger partial charge on any atom is -0.495 e. The minimum atomic E-state index is -0.632. The molecule has 1 aromatic heterocycles. The first kappa shape index (κ1) is 23.4. The van der Waals surface area contributed by atoms with Gasteiger partial charge in [-0.05, 0) is 53.2 Å². The minimum absolute atomic E-state index is 0.317. The number of rotatable bonds is 7. The Balaban J connectivity index is 1.52. The van der Waals surface area contributed by atoms with Gasteiger partial charge in [0.15, 0.2) is 0 Å². The summed E-state index contributed by atoms with van der Waals surface area (Å²) in [7, 11) is 1.56. The van der Waals surface area contributed by atoms with E-state index in [1.165, 1.54) is 0 Å². The Morgan fingerprint density at radius 1 is 1.06 bits per heavy atom. The second-order valence-electron chi connectivity index (χ2n) is 8.12. The number of para-hydroxylation sites is 3. The van der Waals surface area contributed by atoms with Crippen LogP contribution in [0.4, 0.5) is 11.6 Å². The number of hydrogen-bond acceptors (Lipinski definition) is 7. The number of anilines is 2. The first-order valence-corrected chi connectivity index (χ1v) is 11.6. The zero-order valence-electron chi connectivity index (χ0n) is 19.6. The van der Waals surface area contributed by atoms with Crippen LogP contribution < -0.4 is 20.1 Å². The van der Waals surface area contributed by atoms with Crippen molar-refractivity contribution in [2.24, 2.45) is 0 Å². The molecule has 3 aromatic carbocycles. The molecule has 1 aliphatic heterocycles. The van der Waals surface area contributed by atoms with Crippen LogP contribution in [0.1, 0.15) is 24.1 Å². The van der Waals surface area contributed by atoms with Gasteiger partial charge in [0.2, 0.25) is 5.95 Å². The summed E-state index contributed by atoms with van der Waals surface area (Å²) < 4.78 is 13.2. The van der Waals surface area contributed by atoms with E-state index in [9.17, 15) is 4.79 Å². The average Bonchev–Trinajstić information content (AvgIpc) is 3.36. The van der Waals surface area contributed by atoms with Gasteiger partial charge in [-0.15, -0.1) is 0 Å². The molecule has 2 N–H and O–H groups in total. The van der Waals surface area contributed by atoms with Gasteiger partial charge in [-0.25, -0.2) is 0 Å². The lowest BCUT2D eigenvalue weighted by Crippen LogP contribution is -2.32. The number of nitrogens with one attached hydrogen (secondary N) is 2. The Morgan fingerprint density at radius 2 is 1.78 bits per heavy atom. The van der Waals surface area contributed by atoms with Crippen LogP contribution in [0.2, 0.25) is 5.02 Å². The lowest BCUT2D eigenvalue weighted by molar-refractivity contribution is -0.113. The van der Waals surface area contributed by atoms with Crippen LogP contribution in [0.15, 0.2) is 84.1 Å². The lowest BCUT2D eigenvalue weighted by Gasteiger charge is -2.29. The number of methoxy groups -OCH3 is 1. The Kier molecular flexibility index (Phi) is 6.55. The Morgan fingerprint density at radius 3 is 2.56 bits per heavy atom. The third kappa shape index (κ3) is 4.60. The van der Waals surface area contributed by atoms with Gasteiger partial charge in [0, 0.05) is 16.3 Å². The molecular weight excluding hydrogens is 480 g/mol. The van der Waals surface area contributed by atoms with Gasteiger partial charge in [0.05, 0.1) is 18.4 Å². The van der Waals surface area contributed by atoms with Crippen LogP contribution >= 0.6 is 11.6 Å². The molecule has 1 amide bonds. The van der Waals surface area contributed by atoms with Crippen LogP contribution in [-0.2, 0) is 11.4 Å². The van der Waals surface area contributed by atoms with E-state index >= 15 is 0 Å². The lowest BCUT2D eigenvalue weighted by atomic mass is 9.94. The van der Waals surface area contributed by atoms with Gasteiger partial charge in [-0.3, -0.25) is 4.79 Å². The number of carbonyl (C=O) groups is 1. The first-order chi connectivity index (χ1) is 17.5. The highest BCUT2D eigenvalue weighted by Gasteiger charge is 2.36. The summed E-state index contributed by atoms with van der Waals surface area (Å²) in [6.07, 6.45) is 0. The van der Waals surface area contributed by atoms with E-state index < -0.39 is 6.04 Å². The first-order valence-electron chi connectivity index (χ1n) is 11.2. The summed E-state index contributed by atoms with van der Waals surface area (Å²) >= 11 is 6.01. The molecule has 0 radical (unpaired) electrons. The predicted molar refractivity (Wildman–Crippen MR) is 136 cm³/mol. The fourth-order valence-corrected chi connectivity index (χ4v) is 4.24. The normalized spacial score (nSPS) is 14.6. The predicted octanol–water partition coefficient (Wildman–Crippen LogP) is 4.84. The molecule has 2 heterocycles. The van der Waals surface area contributed by atoms with E-state index in [0.29, 0.717) is 46.0 Å². The Bertz CT molecular complexity index is 1430. The number of ether oxygens (including phenoxy) is 2. The molecule has 0 bridgehead atoms. The number of benzene rings is 3. The summed E-state index contributed by atoms with van der Waals surface area (Å²) in [4.78, 5) is 13.7. The zero-order chi connectivity index (χ0) is 25.1. The molecule has 0 fully saturated rings. The molecular formula is C26H23ClN6O3. The smallest absolute Gasteiger partial charge is 0.255 e. The van der Waals surface area contributed by atoms with E-state index in [4.69, 9.17) is 21.1 Å². The number of amides is 1. The van der Waals surface area contributed by atoms with Crippen molar-refractivity contribution in [2.75, 3.05) is 17.7 Å². The van der Waals surface area contributed by atoms with E-state index in [-0.39, 0.29) is 5.91 Å². The van der Waals surface area contributed by atoms with E-state index in [2.05, 4.69) is 26.2 Å². The molecule has 5 rings (SSSR count). The van der Waals surface area contributed by atoms with Gasteiger partial charge in [0.25, 0.3) is 5.91 Å². The van der Waals surface area contributed by atoms with E-state index in [1.807, 2.05) is 67.6 Å². The second kappa shape index (κ2) is 10.1. The highest BCUT2D eigenvalue weighted by molar-refractivity contribution is 6.30. The zero-order valence-corrected chi connectivity index (χ0v) is 20.4. The molecule has 0 saturated carbocycles. The van der Waals surface area contributed by atoms with Gasteiger partial charge in [0.1, 0.15) is 24.1 Å². The summed E-state index contributed by atoms with van der Waals surface area (Å²) in [5.41, 5.74) is 3.33. The highest BCUT2D eigenvalue weighted by Crippen LogP contribution is 2.39. The van der Waals surface area contributed by atoms with Gasteiger partial charge in [-0.1, -0.05) is 59.2 Å². The SMILES string of the molecule is COc1ccccc1NC(=O)C1=C(C)Nc2nnnn2C1c1ccccc1OCc1ccc(Cl)cc1. The van der Waals surface area contributed by atoms with Crippen molar-refractivity contribution in [3.63, 3.8) is 0 Å². The maximum absolute atomic E-state index is 13.7. The molecule has 1 unspecified atom stereocenters. The third-order valence-electron chi connectivity index (χ3n) is 5.84. The monoisotopic (exact) mass is 502 g/mol. The molecule has 0 aliphatic carbocycles. The standard InChI is InChI=1S/C26H23ClN6O3/c1-16-23(25(34)29-20-8-4-6-10-22(20)35-2)24(33-26(28-16)30-31-32-33)19-7-3-5-9-21(19)36-15-17-11-13-18(27)14-12-17/h3-14,24H,15H2,1-2H3,(H,29,34)(H,28,30,32).